The Balaban J connectivity index is 2.61. The second-order valence-electron chi connectivity index (χ2n) is 5.57. The van der Waals surface area contributed by atoms with Crippen molar-refractivity contribution in [2.45, 2.75) is 71.5 Å². The summed E-state index contributed by atoms with van der Waals surface area (Å²) in [6.45, 7) is 15.0. The maximum Gasteiger partial charge on any atom is 0.0825 e. The van der Waals surface area contributed by atoms with Crippen molar-refractivity contribution < 1.29 is 4.74 Å². The molecule has 1 heterocycles. The van der Waals surface area contributed by atoms with Gasteiger partial charge in [0, 0.05) is 0 Å². The molecule has 0 unspecified atom stereocenters. The van der Waals surface area contributed by atoms with E-state index in [4.69, 9.17) is 4.74 Å². The molecule has 17 heavy (non-hydrogen) atoms. The standard InChI is InChI=1S/C16H28O/c1-6-7-8-9-16-14(5)13(4)10-11-15(17-16)12(2)3/h12,15-16H,4-11H2,1-3H3/t15-,16-/m0/s1. The average molecular weight is 236 g/mol. The third-order valence-electron chi connectivity index (χ3n) is 3.73. The minimum Gasteiger partial charge on any atom is -0.370 e. The lowest BCUT2D eigenvalue weighted by Gasteiger charge is -2.25. The highest BCUT2D eigenvalue weighted by Crippen LogP contribution is 2.31. The van der Waals surface area contributed by atoms with E-state index < -0.39 is 0 Å². The van der Waals surface area contributed by atoms with Crippen LogP contribution in [0.2, 0.25) is 0 Å². The lowest BCUT2D eigenvalue weighted by atomic mass is 9.96. The molecule has 0 saturated carbocycles. The summed E-state index contributed by atoms with van der Waals surface area (Å²) in [5, 5.41) is 0. The number of hydrogen-bond acceptors (Lipinski definition) is 1. The van der Waals surface area contributed by atoms with E-state index in [0.29, 0.717) is 12.0 Å². The minimum absolute atomic E-state index is 0.212. The molecule has 1 aliphatic heterocycles. The van der Waals surface area contributed by atoms with Crippen molar-refractivity contribution in [1.29, 1.82) is 0 Å². The van der Waals surface area contributed by atoms with Gasteiger partial charge in [-0.3, -0.25) is 0 Å². The third-order valence-corrected chi connectivity index (χ3v) is 3.73. The predicted octanol–water partition coefficient (Wildman–Crippen LogP) is 4.88. The van der Waals surface area contributed by atoms with Crippen LogP contribution in [0.3, 0.4) is 0 Å². The van der Waals surface area contributed by atoms with Gasteiger partial charge in [0.15, 0.2) is 0 Å². The highest BCUT2D eigenvalue weighted by Gasteiger charge is 2.26. The first-order chi connectivity index (χ1) is 8.06. The van der Waals surface area contributed by atoms with Crippen molar-refractivity contribution in [3.8, 4) is 0 Å². The van der Waals surface area contributed by atoms with E-state index in [1.54, 1.807) is 0 Å². The predicted molar refractivity (Wildman–Crippen MR) is 75.2 cm³/mol. The molecule has 1 fully saturated rings. The maximum absolute atomic E-state index is 6.24. The smallest absolute Gasteiger partial charge is 0.0825 e. The monoisotopic (exact) mass is 236 g/mol. The van der Waals surface area contributed by atoms with Crippen LogP contribution >= 0.6 is 0 Å². The highest BCUT2D eigenvalue weighted by atomic mass is 16.5. The van der Waals surface area contributed by atoms with E-state index in [1.807, 2.05) is 0 Å². The van der Waals surface area contributed by atoms with E-state index in [1.165, 1.54) is 24.8 Å². The molecule has 0 amide bonds. The molecule has 0 aromatic heterocycles. The van der Waals surface area contributed by atoms with Crippen LogP contribution < -0.4 is 0 Å². The van der Waals surface area contributed by atoms with Crippen molar-refractivity contribution in [2.24, 2.45) is 5.92 Å². The van der Waals surface area contributed by atoms with E-state index in [9.17, 15) is 0 Å². The van der Waals surface area contributed by atoms with Crippen LogP contribution in [0, 0.1) is 5.92 Å². The SMILES string of the molecule is C=C1CC[C@@H](C(C)C)O[C@@H](CCCCC)C1=C. The molecule has 0 spiro atoms. The van der Waals surface area contributed by atoms with Crippen molar-refractivity contribution in [1.82, 2.24) is 0 Å². The zero-order valence-corrected chi connectivity index (χ0v) is 11.8. The summed E-state index contributed by atoms with van der Waals surface area (Å²) < 4.78 is 6.24. The summed E-state index contributed by atoms with van der Waals surface area (Å²) >= 11 is 0. The van der Waals surface area contributed by atoms with Crippen LogP contribution in [-0.2, 0) is 4.74 Å². The Morgan fingerprint density at radius 1 is 1.29 bits per heavy atom. The summed E-state index contributed by atoms with van der Waals surface area (Å²) in [5.41, 5.74) is 2.35. The molecule has 1 rings (SSSR count). The van der Waals surface area contributed by atoms with Crippen molar-refractivity contribution in [3.63, 3.8) is 0 Å². The quantitative estimate of drug-likeness (QED) is 0.618. The zero-order chi connectivity index (χ0) is 12.8. The van der Waals surface area contributed by atoms with Crippen LogP contribution in [0.1, 0.15) is 59.3 Å². The summed E-state index contributed by atoms with van der Waals surface area (Å²) in [6, 6.07) is 0. The van der Waals surface area contributed by atoms with Gasteiger partial charge < -0.3 is 4.74 Å². The lowest BCUT2D eigenvalue weighted by Crippen LogP contribution is -2.25. The molecule has 1 heteroatoms. The molecule has 1 aliphatic rings. The van der Waals surface area contributed by atoms with Crippen molar-refractivity contribution in [2.75, 3.05) is 0 Å². The molecule has 2 atom stereocenters. The van der Waals surface area contributed by atoms with Gasteiger partial charge in [0.2, 0.25) is 0 Å². The molecule has 0 bridgehead atoms. The van der Waals surface area contributed by atoms with Gasteiger partial charge in [0.1, 0.15) is 0 Å². The van der Waals surface area contributed by atoms with Gasteiger partial charge in [-0.15, -0.1) is 0 Å². The molecular weight excluding hydrogens is 208 g/mol. The van der Waals surface area contributed by atoms with Gasteiger partial charge in [-0.1, -0.05) is 53.2 Å². The Morgan fingerprint density at radius 2 is 2.00 bits per heavy atom. The van der Waals surface area contributed by atoms with E-state index in [2.05, 4.69) is 33.9 Å². The fourth-order valence-electron chi connectivity index (χ4n) is 2.38. The van der Waals surface area contributed by atoms with Gasteiger partial charge in [0.05, 0.1) is 12.2 Å². The minimum atomic E-state index is 0.212. The number of hydrogen-bond donors (Lipinski definition) is 0. The summed E-state index contributed by atoms with van der Waals surface area (Å²) in [4.78, 5) is 0. The second kappa shape index (κ2) is 7.00. The molecule has 0 radical (unpaired) electrons. The van der Waals surface area contributed by atoms with E-state index in [0.717, 1.165) is 24.8 Å². The maximum atomic E-state index is 6.24. The second-order valence-corrected chi connectivity index (χ2v) is 5.57. The Kier molecular flexibility index (Phi) is 5.97. The molecule has 0 N–H and O–H groups in total. The summed E-state index contributed by atoms with van der Waals surface area (Å²) in [7, 11) is 0. The van der Waals surface area contributed by atoms with E-state index in [-0.39, 0.29) is 6.10 Å². The number of ether oxygens (including phenoxy) is 1. The number of unbranched alkanes of at least 4 members (excludes halogenated alkanes) is 2. The topological polar surface area (TPSA) is 9.23 Å². The molecule has 0 aromatic rings. The fourth-order valence-corrected chi connectivity index (χ4v) is 2.38. The first kappa shape index (κ1) is 14.5. The first-order valence-electron chi connectivity index (χ1n) is 7.08. The Bertz CT molecular complexity index is 265. The van der Waals surface area contributed by atoms with Crippen LogP contribution in [0.5, 0.6) is 0 Å². The highest BCUT2D eigenvalue weighted by molar-refractivity contribution is 5.30. The third kappa shape index (κ3) is 4.31. The Hall–Kier alpha value is -0.560. The van der Waals surface area contributed by atoms with Gasteiger partial charge >= 0.3 is 0 Å². The van der Waals surface area contributed by atoms with Crippen LogP contribution in [0.25, 0.3) is 0 Å². The van der Waals surface area contributed by atoms with Gasteiger partial charge in [-0.2, -0.15) is 0 Å². The molecular formula is C16H28O. The van der Waals surface area contributed by atoms with Gasteiger partial charge in [-0.25, -0.2) is 0 Å². The molecule has 1 nitrogen and oxygen atoms in total. The molecule has 0 aromatic carbocycles. The molecule has 1 saturated heterocycles. The average Bonchev–Trinajstić information content (AvgIpc) is 2.42. The Morgan fingerprint density at radius 3 is 2.59 bits per heavy atom. The van der Waals surface area contributed by atoms with E-state index >= 15 is 0 Å². The zero-order valence-electron chi connectivity index (χ0n) is 11.8. The van der Waals surface area contributed by atoms with Crippen molar-refractivity contribution in [3.05, 3.63) is 24.3 Å². The summed E-state index contributed by atoms with van der Waals surface area (Å²) in [5.74, 6) is 0.586. The molecule has 0 aliphatic carbocycles. The van der Waals surface area contributed by atoms with Gasteiger partial charge in [-0.05, 0) is 36.3 Å². The van der Waals surface area contributed by atoms with Crippen molar-refractivity contribution >= 4 is 0 Å². The van der Waals surface area contributed by atoms with Crippen LogP contribution in [-0.4, -0.2) is 12.2 Å². The summed E-state index contributed by atoms with van der Waals surface area (Å²) in [6.07, 6.45) is 7.61. The lowest BCUT2D eigenvalue weighted by molar-refractivity contribution is -0.0193. The van der Waals surface area contributed by atoms with Crippen LogP contribution in [0.15, 0.2) is 24.3 Å². The normalized spacial score (nSPS) is 26.4. The first-order valence-corrected chi connectivity index (χ1v) is 7.08. The Labute approximate surface area is 107 Å². The van der Waals surface area contributed by atoms with Gasteiger partial charge in [0.25, 0.3) is 0 Å². The fraction of sp³-hybridized carbons (Fsp3) is 0.750. The largest absolute Gasteiger partial charge is 0.370 e. The molecule has 98 valence electrons. The van der Waals surface area contributed by atoms with Crippen LogP contribution in [0.4, 0.5) is 0 Å². The number of rotatable bonds is 5.